The molecule has 1 saturated heterocycles. The minimum atomic E-state index is -0.432. The third kappa shape index (κ3) is 2.80. The molecule has 1 heterocycles. The zero-order chi connectivity index (χ0) is 14.3. The molecule has 0 spiro atoms. The molecule has 2 atom stereocenters. The van der Waals surface area contributed by atoms with Crippen molar-refractivity contribution in [2.45, 2.75) is 39.3 Å². The maximum absolute atomic E-state index is 14.2. The van der Waals surface area contributed by atoms with E-state index in [1.165, 1.54) is 25.0 Å². The van der Waals surface area contributed by atoms with E-state index in [1.54, 1.807) is 0 Å². The predicted octanol–water partition coefficient (Wildman–Crippen LogP) is 3.31. The lowest BCUT2D eigenvalue weighted by molar-refractivity contribution is 0.494. The van der Waals surface area contributed by atoms with Gasteiger partial charge in [-0.2, -0.15) is 0 Å². The van der Waals surface area contributed by atoms with Crippen molar-refractivity contribution < 1.29 is 8.78 Å². The molecule has 1 aromatic rings. The SMILES string of the molecule is CC1CN(c2c(F)cc(CNC3CC3)cc2F)CC1C. The number of rotatable bonds is 4. The molecule has 2 nitrogen and oxygen atoms in total. The molecule has 1 saturated carbocycles. The standard InChI is InChI=1S/C16H22F2N2/c1-10-8-20(9-11(10)2)16-14(17)5-12(6-15(16)18)7-19-13-3-4-13/h5-6,10-11,13,19H,3-4,7-9H2,1-2H3. The van der Waals surface area contributed by atoms with Crippen LogP contribution in [0, 0.1) is 23.5 Å². The van der Waals surface area contributed by atoms with Gasteiger partial charge in [0.25, 0.3) is 0 Å². The maximum atomic E-state index is 14.2. The zero-order valence-corrected chi connectivity index (χ0v) is 12.1. The second-order valence-electron chi connectivity index (χ2n) is 6.42. The van der Waals surface area contributed by atoms with E-state index in [4.69, 9.17) is 0 Å². The topological polar surface area (TPSA) is 15.3 Å². The first-order valence-corrected chi connectivity index (χ1v) is 7.51. The molecule has 1 N–H and O–H groups in total. The Kier molecular flexibility index (Phi) is 3.67. The van der Waals surface area contributed by atoms with E-state index in [1.807, 2.05) is 4.90 Å². The van der Waals surface area contributed by atoms with Gasteiger partial charge in [-0.1, -0.05) is 13.8 Å². The van der Waals surface area contributed by atoms with Crippen molar-refractivity contribution in [1.82, 2.24) is 5.32 Å². The van der Waals surface area contributed by atoms with E-state index in [-0.39, 0.29) is 5.69 Å². The first-order chi connectivity index (χ1) is 9.54. The van der Waals surface area contributed by atoms with Crippen LogP contribution >= 0.6 is 0 Å². The molecular weight excluding hydrogens is 258 g/mol. The van der Waals surface area contributed by atoms with E-state index in [2.05, 4.69) is 19.2 Å². The van der Waals surface area contributed by atoms with Crippen LogP contribution in [0.1, 0.15) is 32.3 Å². The average Bonchev–Trinajstić information content (AvgIpc) is 3.14. The normalized spacial score (nSPS) is 26.3. The van der Waals surface area contributed by atoms with E-state index < -0.39 is 11.6 Å². The Bertz CT molecular complexity index is 466. The lowest BCUT2D eigenvalue weighted by atomic mass is 10.0. The minimum Gasteiger partial charge on any atom is -0.366 e. The Morgan fingerprint density at radius 1 is 1.10 bits per heavy atom. The molecule has 2 unspecified atom stereocenters. The van der Waals surface area contributed by atoms with Crippen molar-refractivity contribution >= 4 is 5.69 Å². The third-order valence-corrected chi connectivity index (χ3v) is 4.55. The summed E-state index contributed by atoms with van der Waals surface area (Å²) < 4.78 is 28.5. The Morgan fingerprint density at radius 3 is 2.15 bits per heavy atom. The summed E-state index contributed by atoms with van der Waals surface area (Å²) in [4.78, 5) is 1.85. The largest absolute Gasteiger partial charge is 0.366 e. The van der Waals surface area contributed by atoms with Crippen LogP contribution in [0.4, 0.5) is 14.5 Å². The fourth-order valence-corrected chi connectivity index (χ4v) is 2.88. The summed E-state index contributed by atoms with van der Waals surface area (Å²) in [5.41, 5.74) is 0.840. The quantitative estimate of drug-likeness (QED) is 0.910. The first-order valence-electron chi connectivity index (χ1n) is 7.51. The highest BCUT2D eigenvalue weighted by molar-refractivity contribution is 5.51. The molecule has 0 amide bonds. The van der Waals surface area contributed by atoms with Gasteiger partial charge in [0.2, 0.25) is 0 Å². The van der Waals surface area contributed by atoms with E-state index in [0.29, 0.717) is 30.0 Å². The Hall–Kier alpha value is -1.16. The monoisotopic (exact) mass is 280 g/mol. The third-order valence-electron chi connectivity index (χ3n) is 4.55. The van der Waals surface area contributed by atoms with Gasteiger partial charge in [-0.25, -0.2) is 8.78 Å². The Morgan fingerprint density at radius 2 is 1.65 bits per heavy atom. The van der Waals surface area contributed by atoms with Gasteiger partial charge in [0.05, 0.1) is 0 Å². The zero-order valence-electron chi connectivity index (χ0n) is 12.1. The van der Waals surface area contributed by atoms with Gasteiger partial charge >= 0.3 is 0 Å². The first kappa shape index (κ1) is 13.8. The summed E-state index contributed by atoms with van der Waals surface area (Å²) in [5, 5.41) is 3.28. The molecule has 1 aliphatic carbocycles. The van der Waals surface area contributed by atoms with E-state index >= 15 is 0 Å². The number of anilines is 1. The van der Waals surface area contributed by atoms with Crippen LogP contribution < -0.4 is 10.2 Å². The van der Waals surface area contributed by atoms with Gasteiger partial charge in [-0.05, 0) is 42.4 Å². The second-order valence-corrected chi connectivity index (χ2v) is 6.42. The summed E-state index contributed by atoms with van der Waals surface area (Å²) >= 11 is 0. The lowest BCUT2D eigenvalue weighted by Crippen LogP contribution is -2.23. The molecule has 3 rings (SSSR count). The molecule has 0 bridgehead atoms. The maximum Gasteiger partial charge on any atom is 0.149 e. The molecule has 110 valence electrons. The molecular formula is C16H22F2N2. The molecule has 0 aromatic heterocycles. The highest BCUT2D eigenvalue weighted by atomic mass is 19.1. The van der Waals surface area contributed by atoms with Gasteiger partial charge in [0.15, 0.2) is 0 Å². The van der Waals surface area contributed by atoms with Gasteiger partial charge < -0.3 is 10.2 Å². The highest BCUT2D eigenvalue weighted by Crippen LogP contribution is 2.32. The molecule has 20 heavy (non-hydrogen) atoms. The Balaban J connectivity index is 1.77. The number of hydrogen-bond donors (Lipinski definition) is 1. The van der Waals surface area contributed by atoms with Crippen LogP contribution in [-0.4, -0.2) is 19.1 Å². The van der Waals surface area contributed by atoms with Crippen LogP contribution in [0.25, 0.3) is 0 Å². The molecule has 0 radical (unpaired) electrons. The highest BCUT2D eigenvalue weighted by Gasteiger charge is 2.30. The van der Waals surface area contributed by atoms with Crippen LogP contribution in [-0.2, 0) is 6.54 Å². The Labute approximate surface area is 119 Å². The van der Waals surface area contributed by atoms with Crippen molar-refractivity contribution in [2.24, 2.45) is 11.8 Å². The predicted molar refractivity (Wildman–Crippen MR) is 76.8 cm³/mol. The number of halogens is 2. The number of nitrogens with one attached hydrogen (secondary N) is 1. The molecule has 1 aromatic carbocycles. The minimum absolute atomic E-state index is 0.149. The van der Waals surface area contributed by atoms with Gasteiger partial charge in [0.1, 0.15) is 17.3 Å². The van der Waals surface area contributed by atoms with Crippen molar-refractivity contribution in [2.75, 3.05) is 18.0 Å². The molecule has 4 heteroatoms. The summed E-state index contributed by atoms with van der Waals surface area (Å²) in [7, 11) is 0. The number of benzene rings is 1. The van der Waals surface area contributed by atoms with E-state index in [9.17, 15) is 8.78 Å². The van der Waals surface area contributed by atoms with Gasteiger partial charge in [0, 0.05) is 25.7 Å². The van der Waals surface area contributed by atoms with Crippen LogP contribution in [0.5, 0.6) is 0 Å². The average molecular weight is 280 g/mol. The molecule has 1 aliphatic heterocycles. The smallest absolute Gasteiger partial charge is 0.149 e. The van der Waals surface area contributed by atoms with Crippen molar-refractivity contribution in [3.8, 4) is 0 Å². The lowest BCUT2D eigenvalue weighted by Gasteiger charge is -2.20. The van der Waals surface area contributed by atoms with Gasteiger partial charge in [-0.15, -0.1) is 0 Å². The number of nitrogens with zero attached hydrogens (tertiary/aromatic N) is 1. The number of hydrogen-bond acceptors (Lipinski definition) is 2. The van der Waals surface area contributed by atoms with Crippen molar-refractivity contribution in [1.29, 1.82) is 0 Å². The summed E-state index contributed by atoms with van der Waals surface area (Å²) in [6.07, 6.45) is 2.35. The van der Waals surface area contributed by atoms with Crippen molar-refractivity contribution in [3.63, 3.8) is 0 Å². The summed E-state index contributed by atoms with van der Waals surface area (Å²) in [6, 6.07) is 3.49. The summed E-state index contributed by atoms with van der Waals surface area (Å²) in [6.45, 7) is 6.28. The van der Waals surface area contributed by atoms with Crippen LogP contribution in [0.3, 0.4) is 0 Å². The van der Waals surface area contributed by atoms with Crippen LogP contribution in [0.15, 0.2) is 12.1 Å². The summed E-state index contributed by atoms with van der Waals surface area (Å²) in [5.74, 6) is 0.0906. The van der Waals surface area contributed by atoms with Crippen LogP contribution in [0.2, 0.25) is 0 Å². The van der Waals surface area contributed by atoms with Crippen molar-refractivity contribution in [3.05, 3.63) is 29.3 Å². The second kappa shape index (κ2) is 5.32. The molecule has 2 aliphatic rings. The molecule has 2 fully saturated rings. The fourth-order valence-electron chi connectivity index (χ4n) is 2.88. The van der Waals surface area contributed by atoms with E-state index in [0.717, 1.165) is 13.1 Å². The fraction of sp³-hybridized carbons (Fsp3) is 0.625. The van der Waals surface area contributed by atoms with Gasteiger partial charge in [-0.3, -0.25) is 0 Å².